The highest BCUT2D eigenvalue weighted by Gasteiger charge is 2.29. The van der Waals surface area contributed by atoms with E-state index in [2.05, 4.69) is 4.90 Å². The van der Waals surface area contributed by atoms with Gasteiger partial charge in [0.15, 0.2) is 0 Å². The Morgan fingerprint density at radius 3 is 2.75 bits per heavy atom. The van der Waals surface area contributed by atoms with Gasteiger partial charge in [-0.3, -0.25) is 9.69 Å². The molecular formula is C18H24Cl2N2O2. The molecule has 2 fully saturated rings. The maximum absolute atomic E-state index is 13.0. The Labute approximate surface area is 153 Å². The first kappa shape index (κ1) is 18.0. The van der Waals surface area contributed by atoms with Crippen LogP contribution >= 0.6 is 23.2 Å². The first-order valence-corrected chi connectivity index (χ1v) is 9.47. The first-order valence-electron chi connectivity index (χ1n) is 8.72. The summed E-state index contributed by atoms with van der Waals surface area (Å²) in [5.41, 5.74) is 0.516. The zero-order chi connectivity index (χ0) is 16.9. The fraction of sp³-hybridized carbons (Fsp3) is 0.611. The average molecular weight is 371 g/mol. The van der Waals surface area contributed by atoms with Crippen LogP contribution in [0.4, 0.5) is 0 Å². The smallest absolute Gasteiger partial charge is 0.255 e. The lowest BCUT2D eigenvalue weighted by Crippen LogP contribution is -2.46. The van der Waals surface area contributed by atoms with Crippen molar-refractivity contribution in [1.29, 1.82) is 0 Å². The summed E-state index contributed by atoms with van der Waals surface area (Å²) < 4.78 is 5.40. The number of benzene rings is 1. The van der Waals surface area contributed by atoms with Gasteiger partial charge in [0.2, 0.25) is 0 Å². The van der Waals surface area contributed by atoms with E-state index in [4.69, 9.17) is 27.9 Å². The van der Waals surface area contributed by atoms with E-state index in [-0.39, 0.29) is 11.9 Å². The number of likely N-dealkylation sites (tertiary alicyclic amines) is 1. The van der Waals surface area contributed by atoms with Gasteiger partial charge in [-0.1, -0.05) is 29.3 Å². The summed E-state index contributed by atoms with van der Waals surface area (Å²) in [7, 11) is 0. The van der Waals surface area contributed by atoms with Gasteiger partial charge < -0.3 is 9.64 Å². The van der Waals surface area contributed by atoms with Crippen LogP contribution in [-0.2, 0) is 4.74 Å². The van der Waals surface area contributed by atoms with Gasteiger partial charge in [0, 0.05) is 32.2 Å². The number of amides is 1. The molecule has 0 radical (unpaired) electrons. The second kappa shape index (κ2) is 8.52. The number of carbonyl (C=O) groups is 1. The van der Waals surface area contributed by atoms with Crippen LogP contribution in [0.5, 0.6) is 0 Å². The van der Waals surface area contributed by atoms with Crippen molar-refractivity contribution < 1.29 is 9.53 Å². The highest BCUT2D eigenvalue weighted by Crippen LogP contribution is 2.29. The van der Waals surface area contributed by atoms with Gasteiger partial charge >= 0.3 is 0 Å². The predicted octanol–water partition coefficient (Wildman–Crippen LogP) is 3.71. The van der Waals surface area contributed by atoms with Gasteiger partial charge in [0.1, 0.15) is 0 Å². The van der Waals surface area contributed by atoms with Crippen LogP contribution < -0.4 is 0 Å². The van der Waals surface area contributed by atoms with Crippen LogP contribution in [0.2, 0.25) is 10.0 Å². The molecule has 1 aromatic carbocycles. The zero-order valence-electron chi connectivity index (χ0n) is 13.8. The van der Waals surface area contributed by atoms with Crippen LogP contribution in [0.1, 0.15) is 36.0 Å². The van der Waals surface area contributed by atoms with E-state index < -0.39 is 0 Å². The Morgan fingerprint density at radius 2 is 1.96 bits per heavy atom. The minimum atomic E-state index is 0.00850. The topological polar surface area (TPSA) is 32.8 Å². The summed E-state index contributed by atoms with van der Waals surface area (Å²) in [4.78, 5) is 17.4. The van der Waals surface area contributed by atoms with E-state index in [9.17, 15) is 4.79 Å². The number of piperidine rings is 1. The highest BCUT2D eigenvalue weighted by molar-refractivity contribution is 6.43. The Morgan fingerprint density at radius 1 is 1.17 bits per heavy atom. The van der Waals surface area contributed by atoms with E-state index in [0.29, 0.717) is 15.6 Å². The van der Waals surface area contributed by atoms with Crippen molar-refractivity contribution >= 4 is 29.1 Å². The molecule has 2 heterocycles. The molecule has 1 atom stereocenters. The molecule has 4 nitrogen and oxygen atoms in total. The lowest BCUT2D eigenvalue weighted by Gasteiger charge is -2.37. The van der Waals surface area contributed by atoms with Crippen molar-refractivity contribution in [2.24, 2.45) is 0 Å². The minimum Gasteiger partial charge on any atom is -0.379 e. The molecule has 0 aliphatic carbocycles. The van der Waals surface area contributed by atoms with Crippen LogP contribution in [0.15, 0.2) is 18.2 Å². The molecule has 3 rings (SSSR count). The standard InChI is InChI=1S/C18H24Cl2N2O2/c19-16-6-3-5-15(17(16)20)18(23)22-8-2-1-4-14(22)7-9-21-10-12-24-13-11-21/h3,5-6,14H,1-2,4,7-13H2/t14-/m1/s1. The molecule has 0 aromatic heterocycles. The molecular weight excluding hydrogens is 347 g/mol. The number of hydrogen-bond donors (Lipinski definition) is 0. The fourth-order valence-corrected chi connectivity index (χ4v) is 3.93. The zero-order valence-corrected chi connectivity index (χ0v) is 15.4. The van der Waals surface area contributed by atoms with Crippen molar-refractivity contribution in [3.63, 3.8) is 0 Å². The molecule has 24 heavy (non-hydrogen) atoms. The monoisotopic (exact) mass is 370 g/mol. The third-order valence-electron chi connectivity index (χ3n) is 4.95. The van der Waals surface area contributed by atoms with Crippen molar-refractivity contribution in [2.75, 3.05) is 39.4 Å². The Balaban J connectivity index is 1.67. The number of ether oxygens (including phenoxy) is 1. The largest absolute Gasteiger partial charge is 0.379 e. The Kier molecular flexibility index (Phi) is 6.39. The third kappa shape index (κ3) is 4.23. The predicted molar refractivity (Wildman–Crippen MR) is 97.0 cm³/mol. The van der Waals surface area contributed by atoms with Gasteiger partial charge in [0.05, 0.1) is 28.8 Å². The van der Waals surface area contributed by atoms with Crippen LogP contribution in [0.25, 0.3) is 0 Å². The number of carbonyl (C=O) groups excluding carboxylic acids is 1. The average Bonchev–Trinajstić information content (AvgIpc) is 2.63. The van der Waals surface area contributed by atoms with Gasteiger partial charge in [-0.25, -0.2) is 0 Å². The SMILES string of the molecule is O=C(c1cccc(Cl)c1Cl)N1CCCC[C@@H]1CCN1CCOCC1. The highest BCUT2D eigenvalue weighted by atomic mass is 35.5. The number of rotatable bonds is 4. The number of hydrogen-bond acceptors (Lipinski definition) is 3. The maximum Gasteiger partial charge on any atom is 0.255 e. The van der Waals surface area contributed by atoms with E-state index in [1.54, 1.807) is 18.2 Å². The summed E-state index contributed by atoms with van der Waals surface area (Å²) in [6.45, 7) is 5.41. The van der Waals surface area contributed by atoms with Crippen molar-refractivity contribution in [3.8, 4) is 0 Å². The van der Waals surface area contributed by atoms with Crippen molar-refractivity contribution in [3.05, 3.63) is 33.8 Å². The molecule has 0 spiro atoms. The molecule has 6 heteroatoms. The van der Waals surface area contributed by atoms with Crippen molar-refractivity contribution in [2.45, 2.75) is 31.7 Å². The number of halogens is 2. The fourth-order valence-electron chi connectivity index (χ4n) is 3.55. The second-order valence-electron chi connectivity index (χ2n) is 6.49. The molecule has 0 saturated carbocycles. The lowest BCUT2D eigenvalue weighted by atomic mass is 9.97. The van der Waals surface area contributed by atoms with Gasteiger partial charge in [-0.05, 0) is 37.8 Å². The molecule has 0 N–H and O–H groups in total. The normalized spacial score (nSPS) is 22.6. The molecule has 132 valence electrons. The van der Waals surface area contributed by atoms with Crippen molar-refractivity contribution in [1.82, 2.24) is 9.80 Å². The van der Waals surface area contributed by atoms with E-state index in [0.717, 1.165) is 58.7 Å². The summed E-state index contributed by atoms with van der Waals surface area (Å²) in [5.74, 6) is 0.00850. The van der Waals surface area contributed by atoms with Crippen LogP contribution in [0.3, 0.4) is 0 Å². The summed E-state index contributed by atoms with van der Waals surface area (Å²) >= 11 is 12.3. The lowest BCUT2D eigenvalue weighted by molar-refractivity contribution is 0.0296. The molecule has 1 aromatic rings. The molecule has 0 bridgehead atoms. The van der Waals surface area contributed by atoms with Gasteiger partial charge in [-0.15, -0.1) is 0 Å². The van der Waals surface area contributed by atoms with Crippen LogP contribution in [-0.4, -0.2) is 61.1 Å². The second-order valence-corrected chi connectivity index (χ2v) is 7.28. The number of morpholine rings is 1. The van der Waals surface area contributed by atoms with E-state index in [1.165, 1.54) is 6.42 Å². The summed E-state index contributed by atoms with van der Waals surface area (Å²) in [5, 5.41) is 0.797. The Hall–Kier alpha value is -0.810. The van der Waals surface area contributed by atoms with E-state index in [1.807, 2.05) is 4.90 Å². The molecule has 0 unspecified atom stereocenters. The van der Waals surface area contributed by atoms with Gasteiger partial charge in [-0.2, -0.15) is 0 Å². The third-order valence-corrected chi connectivity index (χ3v) is 5.77. The van der Waals surface area contributed by atoms with Crippen LogP contribution in [0, 0.1) is 0 Å². The first-order chi connectivity index (χ1) is 11.7. The summed E-state index contributed by atoms with van der Waals surface area (Å²) in [6, 6.07) is 5.55. The minimum absolute atomic E-state index is 0.00850. The van der Waals surface area contributed by atoms with Gasteiger partial charge in [0.25, 0.3) is 5.91 Å². The Bertz CT molecular complexity index is 576. The van der Waals surface area contributed by atoms with E-state index >= 15 is 0 Å². The maximum atomic E-state index is 13.0. The molecule has 2 aliphatic heterocycles. The number of nitrogens with zero attached hydrogens (tertiary/aromatic N) is 2. The molecule has 1 amide bonds. The molecule has 2 aliphatic rings. The quantitative estimate of drug-likeness (QED) is 0.809. The summed E-state index contributed by atoms with van der Waals surface area (Å²) in [6.07, 6.45) is 4.30. The molecule has 2 saturated heterocycles.